The van der Waals surface area contributed by atoms with E-state index in [1.54, 1.807) is 18.2 Å². The zero-order valence-corrected chi connectivity index (χ0v) is 20.7. The van der Waals surface area contributed by atoms with Crippen LogP contribution in [-0.4, -0.2) is 30.4 Å². The minimum Gasteiger partial charge on any atom is -0.307 e. The fourth-order valence-electron chi connectivity index (χ4n) is 5.23. The van der Waals surface area contributed by atoms with Crippen molar-refractivity contribution in [3.8, 4) is 0 Å². The standard InChI is InChI=1S/C27H25Cl3N2O/c1-18-5-8-25-23(13-18)27(17-32(25)26(33)22-7-6-21(29)15-24(22)30)9-11-31(12-10-27)16-19-3-2-4-20(28)14-19/h2-8,13-15H,9-12,16-17H2,1H3. The second-order valence-electron chi connectivity index (χ2n) is 9.22. The molecular weight excluding hydrogens is 475 g/mol. The van der Waals surface area contributed by atoms with Crippen LogP contribution in [0.5, 0.6) is 0 Å². The summed E-state index contributed by atoms with van der Waals surface area (Å²) in [6, 6.07) is 19.6. The fourth-order valence-corrected chi connectivity index (χ4v) is 5.93. The summed E-state index contributed by atoms with van der Waals surface area (Å²) in [5, 5.41) is 1.69. The van der Waals surface area contributed by atoms with E-state index in [0.29, 0.717) is 22.2 Å². The quantitative estimate of drug-likeness (QED) is 0.382. The van der Waals surface area contributed by atoms with Crippen LogP contribution in [0.25, 0.3) is 0 Å². The van der Waals surface area contributed by atoms with E-state index in [2.05, 4.69) is 36.1 Å². The molecule has 1 spiro atoms. The summed E-state index contributed by atoms with van der Waals surface area (Å²) in [7, 11) is 0. The molecule has 1 fully saturated rings. The second kappa shape index (κ2) is 8.96. The Morgan fingerprint density at radius 2 is 1.70 bits per heavy atom. The third-order valence-electron chi connectivity index (χ3n) is 6.99. The normalized spacial score (nSPS) is 17.4. The molecule has 0 atom stereocenters. The smallest absolute Gasteiger partial charge is 0.259 e. The summed E-state index contributed by atoms with van der Waals surface area (Å²) < 4.78 is 0. The number of likely N-dealkylation sites (tertiary alicyclic amines) is 1. The van der Waals surface area contributed by atoms with Crippen LogP contribution in [0.15, 0.2) is 60.7 Å². The number of fused-ring (bicyclic) bond motifs is 2. The molecule has 170 valence electrons. The van der Waals surface area contributed by atoms with Crippen LogP contribution in [-0.2, 0) is 12.0 Å². The van der Waals surface area contributed by atoms with E-state index in [4.69, 9.17) is 34.8 Å². The van der Waals surface area contributed by atoms with Gasteiger partial charge >= 0.3 is 0 Å². The number of halogens is 3. The highest BCUT2D eigenvalue weighted by Crippen LogP contribution is 2.48. The number of rotatable bonds is 3. The molecule has 1 saturated heterocycles. The topological polar surface area (TPSA) is 23.6 Å². The first-order chi connectivity index (χ1) is 15.8. The summed E-state index contributed by atoms with van der Waals surface area (Å²) in [6.07, 6.45) is 2.00. The molecule has 6 heteroatoms. The molecule has 5 rings (SSSR count). The first-order valence-electron chi connectivity index (χ1n) is 11.2. The largest absolute Gasteiger partial charge is 0.307 e. The van der Waals surface area contributed by atoms with E-state index in [1.165, 1.54) is 16.7 Å². The maximum atomic E-state index is 13.6. The van der Waals surface area contributed by atoms with Crippen LogP contribution < -0.4 is 4.90 Å². The average molecular weight is 500 g/mol. The molecule has 0 radical (unpaired) electrons. The number of carbonyl (C=O) groups is 1. The van der Waals surface area contributed by atoms with Crippen molar-refractivity contribution in [1.82, 2.24) is 4.90 Å². The van der Waals surface area contributed by atoms with Gasteiger partial charge in [0.25, 0.3) is 5.91 Å². The third-order valence-corrected chi connectivity index (χ3v) is 7.77. The van der Waals surface area contributed by atoms with Gasteiger partial charge in [-0.15, -0.1) is 0 Å². The van der Waals surface area contributed by atoms with Crippen molar-refractivity contribution in [1.29, 1.82) is 0 Å². The maximum absolute atomic E-state index is 13.6. The van der Waals surface area contributed by atoms with Gasteiger partial charge in [0.15, 0.2) is 0 Å². The van der Waals surface area contributed by atoms with E-state index < -0.39 is 0 Å². The Morgan fingerprint density at radius 1 is 0.939 bits per heavy atom. The molecule has 0 unspecified atom stereocenters. The summed E-state index contributed by atoms with van der Waals surface area (Å²) in [5.74, 6) is -0.0694. The van der Waals surface area contributed by atoms with Gasteiger partial charge in [0.2, 0.25) is 0 Å². The lowest BCUT2D eigenvalue weighted by Gasteiger charge is -2.40. The summed E-state index contributed by atoms with van der Waals surface area (Å²) in [5.41, 5.74) is 5.18. The Kier molecular flexibility index (Phi) is 6.17. The van der Waals surface area contributed by atoms with Crippen molar-refractivity contribution in [2.24, 2.45) is 0 Å². The number of hydrogen-bond acceptors (Lipinski definition) is 2. The van der Waals surface area contributed by atoms with Crippen molar-refractivity contribution in [3.05, 3.63) is 98.0 Å². The minimum atomic E-state index is -0.0694. The number of carbonyl (C=O) groups excluding carboxylic acids is 1. The van der Waals surface area contributed by atoms with Gasteiger partial charge < -0.3 is 4.90 Å². The van der Waals surface area contributed by atoms with Gasteiger partial charge in [-0.2, -0.15) is 0 Å². The maximum Gasteiger partial charge on any atom is 0.259 e. The molecule has 2 aliphatic heterocycles. The van der Waals surface area contributed by atoms with Gasteiger partial charge in [0.1, 0.15) is 0 Å². The Hall–Kier alpha value is -2.04. The van der Waals surface area contributed by atoms with Crippen LogP contribution in [0.2, 0.25) is 15.1 Å². The van der Waals surface area contributed by atoms with Crippen LogP contribution in [0.1, 0.15) is 39.9 Å². The highest BCUT2D eigenvalue weighted by molar-refractivity contribution is 6.37. The minimum absolute atomic E-state index is 0.0409. The molecule has 0 N–H and O–H groups in total. The summed E-state index contributed by atoms with van der Waals surface area (Å²) >= 11 is 18.6. The number of piperidine rings is 1. The van der Waals surface area contributed by atoms with Crippen LogP contribution >= 0.6 is 34.8 Å². The molecular formula is C27H25Cl3N2O. The molecule has 0 bridgehead atoms. The van der Waals surface area contributed by atoms with Crippen LogP contribution in [0.4, 0.5) is 5.69 Å². The Balaban J connectivity index is 1.40. The number of aryl methyl sites for hydroxylation is 1. The monoisotopic (exact) mass is 498 g/mol. The fraction of sp³-hybridized carbons (Fsp3) is 0.296. The van der Waals surface area contributed by atoms with E-state index in [0.717, 1.165) is 43.2 Å². The molecule has 3 nitrogen and oxygen atoms in total. The van der Waals surface area contributed by atoms with E-state index in [-0.39, 0.29) is 11.3 Å². The van der Waals surface area contributed by atoms with Gasteiger partial charge in [0.05, 0.1) is 10.6 Å². The van der Waals surface area contributed by atoms with Gasteiger partial charge in [-0.25, -0.2) is 0 Å². The van der Waals surface area contributed by atoms with Crippen molar-refractivity contribution in [2.45, 2.75) is 31.7 Å². The molecule has 2 aliphatic rings. The molecule has 1 amide bonds. The van der Waals surface area contributed by atoms with E-state index >= 15 is 0 Å². The Morgan fingerprint density at radius 3 is 2.42 bits per heavy atom. The highest BCUT2D eigenvalue weighted by atomic mass is 35.5. The molecule has 33 heavy (non-hydrogen) atoms. The first kappa shape index (κ1) is 22.7. The first-order valence-corrected chi connectivity index (χ1v) is 12.3. The summed E-state index contributed by atoms with van der Waals surface area (Å²) in [4.78, 5) is 18.0. The lowest BCUT2D eigenvalue weighted by molar-refractivity contribution is 0.0975. The van der Waals surface area contributed by atoms with Crippen molar-refractivity contribution in [2.75, 3.05) is 24.5 Å². The van der Waals surface area contributed by atoms with Crippen molar-refractivity contribution >= 4 is 46.4 Å². The molecule has 2 heterocycles. The molecule has 3 aromatic rings. The predicted octanol–water partition coefficient (Wildman–Crippen LogP) is 7.15. The summed E-state index contributed by atoms with van der Waals surface area (Å²) in [6.45, 7) is 5.63. The SMILES string of the molecule is Cc1ccc2c(c1)C1(CCN(Cc3cccc(Cl)c3)CC1)CN2C(=O)c1ccc(Cl)cc1Cl. The zero-order chi connectivity index (χ0) is 23.2. The number of benzene rings is 3. The lowest BCUT2D eigenvalue weighted by atomic mass is 9.74. The van der Waals surface area contributed by atoms with Crippen molar-refractivity contribution < 1.29 is 4.79 Å². The van der Waals surface area contributed by atoms with Gasteiger partial charge in [-0.3, -0.25) is 9.69 Å². The second-order valence-corrected chi connectivity index (χ2v) is 10.5. The molecule has 3 aromatic carbocycles. The zero-order valence-electron chi connectivity index (χ0n) is 18.5. The lowest BCUT2D eigenvalue weighted by Crippen LogP contribution is -2.45. The van der Waals surface area contributed by atoms with Gasteiger partial charge in [-0.05, 0) is 80.4 Å². The van der Waals surface area contributed by atoms with Gasteiger partial charge in [0, 0.05) is 34.2 Å². The van der Waals surface area contributed by atoms with Crippen LogP contribution in [0, 0.1) is 6.92 Å². The highest BCUT2D eigenvalue weighted by Gasteiger charge is 2.46. The number of anilines is 1. The number of hydrogen-bond donors (Lipinski definition) is 0. The number of nitrogens with zero attached hydrogens (tertiary/aromatic N) is 2. The van der Waals surface area contributed by atoms with Gasteiger partial charge in [-0.1, -0.05) is 64.6 Å². The van der Waals surface area contributed by atoms with E-state index in [9.17, 15) is 4.79 Å². The van der Waals surface area contributed by atoms with Crippen LogP contribution in [0.3, 0.4) is 0 Å². The molecule has 0 aliphatic carbocycles. The Labute approximate surface area is 209 Å². The third kappa shape index (κ3) is 4.40. The Bertz CT molecular complexity index is 1220. The van der Waals surface area contributed by atoms with Crippen molar-refractivity contribution in [3.63, 3.8) is 0 Å². The average Bonchev–Trinajstić information content (AvgIpc) is 3.08. The predicted molar refractivity (Wildman–Crippen MR) is 137 cm³/mol. The van der Waals surface area contributed by atoms with E-state index in [1.807, 2.05) is 23.1 Å². The molecule has 0 aromatic heterocycles. The molecule has 0 saturated carbocycles. The number of amides is 1.